The standard InChI is InChI=1S/C18H24N4O2/c23-18(17-6-5-15(24-17)13-21-9-1-2-10-21)22-11-3-4-14(12-22)16-7-8-19-20-16/h5-8,14H,1-4,9-13H2,(H,19,20). The third-order valence-corrected chi connectivity index (χ3v) is 5.12. The van der Waals surface area contributed by atoms with Gasteiger partial charge in [-0.05, 0) is 57.0 Å². The number of carbonyl (C=O) groups is 1. The van der Waals surface area contributed by atoms with E-state index in [2.05, 4.69) is 15.1 Å². The number of likely N-dealkylation sites (tertiary alicyclic amines) is 2. The lowest BCUT2D eigenvalue weighted by atomic mass is 9.95. The fourth-order valence-electron chi connectivity index (χ4n) is 3.80. The number of nitrogens with zero attached hydrogens (tertiary/aromatic N) is 3. The average molecular weight is 328 g/mol. The minimum Gasteiger partial charge on any atom is -0.455 e. The Morgan fingerprint density at radius 2 is 2.08 bits per heavy atom. The van der Waals surface area contributed by atoms with E-state index in [1.165, 1.54) is 12.8 Å². The molecular weight excluding hydrogens is 304 g/mol. The zero-order valence-corrected chi connectivity index (χ0v) is 13.9. The van der Waals surface area contributed by atoms with Gasteiger partial charge in [0, 0.05) is 30.9 Å². The van der Waals surface area contributed by atoms with Gasteiger partial charge in [0.2, 0.25) is 0 Å². The predicted molar refractivity (Wildman–Crippen MR) is 89.7 cm³/mol. The number of nitrogens with one attached hydrogen (secondary N) is 1. The van der Waals surface area contributed by atoms with E-state index in [4.69, 9.17) is 4.42 Å². The molecular formula is C18H24N4O2. The zero-order valence-electron chi connectivity index (χ0n) is 13.9. The van der Waals surface area contributed by atoms with Gasteiger partial charge in [-0.2, -0.15) is 5.10 Å². The summed E-state index contributed by atoms with van der Waals surface area (Å²) in [6.45, 7) is 4.59. The van der Waals surface area contributed by atoms with E-state index in [-0.39, 0.29) is 5.91 Å². The van der Waals surface area contributed by atoms with Crippen molar-refractivity contribution in [2.75, 3.05) is 26.2 Å². The van der Waals surface area contributed by atoms with Gasteiger partial charge < -0.3 is 9.32 Å². The number of aromatic amines is 1. The fraction of sp³-hybridized carbons (Fsp3) is 0.556. The van der Waals surface area contributed by atoms with Crippen LogP contribution in [0.4, 0.5) is 0 Å². The van der Waals surface area contributed by atoms with Crippen LogP contribution < -0.4 is 0 Å². The maximum atomic E-state index is 12.8. The Kier molecular flexibility index (Phi) is 4.38. The highest BCUT2D eigenvalue weighted by atomic mass is 16.4. The molecule has 2 fully saturated rings. The first-order valence-electron chi connectivity index (χ1n) is 8.89. The van der Waals surface area contributed by atoms with Gasteiger partial charge in [0.05, 0.1) is 6.54 Å². The van der Waals surface area contributed by atoms with Crippen LogP contribution >= 0.6 is 0 Å². The average Bonchev–Trinajstić information content (AvgIpc) is 3.37. The molecule has 128 valence electrons. The highest BCUT2D eigenvalue weighted by molar-refractivity contribution is 5.91. The van der Waals surface area contributed by atoms with Crippen molar-refractivity contribution < 1.29 is 9.21 Å². The van der Waals surface area contributed by atoms with E-state index in [1.807, 2.05) is 23.1 Å². The molecule has 4 heterocycles. The summed E-state index contributed by atoms with van der Waals surface area (Å²) in [6, 6.07) is 5.77. The molecule has 2 aromatic heterocycles. The summed E-state index contributed by atoms with van der Waals surface area (Å²) in [4.78, 5) is 17.0. The van der Waals surface area contributed by atoms with Crippen LogP contribution in [0.5, 0.6) is 0 Å². The molecule has 0 bridgehead atoms. The van der Waals surface area contributed by atoms with Crippen molar-refractivity contribution in [3.63, 3.8) is 0 Å². The minimum absolute atomic E-state index is 0.00638. The minimum atomic E-state index is 0.00638. The van der Waals surface area contributed by atoms with Gasteiger partial charge in [0.15, 0.2) is 5.76 Å². The van der Waals surface area contributed by atoms with Gasteiger partial charge in [-0.1, -0.05) is 0 Å². The molecule has 2 saturated heterocycles. The Hall–Kier alpha value is -2.08. The largest absolute Gasteiger partial charge is 0.455 e. The lowest BCUT2D eigenvalue weighted by Gasteiger charge is -2.31. The van der Waals surface area contributed by atoms with Crippen LogP contribution in [0, 0.1) is 0 Å². The number of piperidine rings is 1. The van der Waals surface area contributed by atoms with Crippen LogP contribution in [0.3, 0.4) is 0 Å². The monoisotopic (exact) mass is 328 g/mol. The van der Waals surface area contributed by atoms with Crippen LogP contribution in [0.15, 0.2) is 28.8 Å². The number of rotatable bonds is 4. The smallest absolute Gasteiger partial charge is 0.289 e. The second kappa shape index (κ2) is 6.81. The topological polar surface area (TPSA) is 65.4 Å². The van der Waals surface area contributed by atoms with Crippen LogP contribution in [0.1, 0.15) is 53.6 Å². The molecule has 4 rings (SSSR count). The summed E-state index contributed by atoms with van der Waals surface area (Å²) >= 11 is 0. The number of carbonyl (C=O) groups excluding carboxylic acids is 1. The number of amides is 1. The van der Waals surface area contributed by atoms with Crippen LogP contribution in [-0.4, -0.2) is 52.1 Å². The van der Waals surface area contributed by atoms with Gasteiger partial charge in [-0.15, -0.1) is 0 Å². The van der Waals surface area contributed by atoms with Crippen LogP contribution in [0.25, 0.3) is 0 Å². The molecule has 0 aliphatic carbocycles. The van der Waals surface area contributed by atoms with Crippen molar-refractivity contribution >= 4 is 5.91 Å². The van der Waals surface area contributed by atoms with Crippen molar-refractivity contribution in [1.29, 1.82) is 0 Å². The molecule has 0 aromatic carbocycles. The van der Waals surface area contributed by atoms with E-state index in [9.17, 15) is 4.79 Å². The first-order chi connectivity index (χ1) is 11.8. The number of H-pyrrole nitrogens is 1. The van der Waals surface area contributed by atoms with Gasteiger partial charge in [-0.3, -0.25) is 14.8 Å². The van der Waals surface area contributed by atoms with Gasteiger partial charge in [0.1, 0.15) is 5.76 Å². The fourth-order valence-corrected chi connectivity index (χ4v) is 3.80. The predicted octanol–water partition coefficient (Wildman–Crippen LogP) is 2.62. The third-order valence-electron chi connectivity index (χ3n) is 5.12. The van der Waals surface area contributed by atoms with E-state index >= 15 is 0 Å². The molecule has 2 aromatic rings. The lowest BCUT2D eigenvalue weighted by Crippen LogP contribution is -2.39. The summed E-state index contributed by atoms with van der Waals surface area (Å²) in [7, 11) is 0. The summed E-state index contributed by atoms with van der Waals surface area (Å²) < 4.78 is 5.83. The SMILES string of the molecule is O=C(c1ccc(CN2CCCC2)o1)N1CCCC(c2ccn[nH]2)C1. The molecule has 0 saturated carbocycles. The summed E-state index contributed by atoms with van der Waals surface area (Å²) in [5, 5.41) is 7.06. The Morgan fingerprint density at radius 1 is 1.21 bits per heavy atom. The van der Waals surface area contributed by atoms with E-state index < -0.39 is 0 Å². The number of hydrogen-bond donors (Lipinski definition) is 1. The molecule has 2 aliphatic heterocycles. The number of furan rings is 1. The van der Waals surface area contributed by atoms with Crippen molar-refractivity contribution in [3.8, 4) is 0 Å². The molecule has 0 radical (unpaired) electrons. The molecule has 1 N–H and O–H groups in total. The van der Waals surface area contributed by atoms with Crippen molar-refractivity contribution in [2.24, 2.45) is 0 Å². The Balaban J connectivity index is 1.40. The Labute approximate surface area is 141 Å². The Bertz CT molecular complexity index is 673. The quantitative estimate of drug-likeness (QED) is 0.937. The highest BCUT2D eigenvalue weighted by Crippen LogP contribution is 2.26. The molecule has 2 aliphatic rings. The molecule has 6 nitrogen and oxygen atoms in total. The molecule has 6 heteroatoms. The maximum absolute atomic E-state index is 12.8. The first kappa shape index (κ1) is 15.4. The summed E-state index contributed by atoms with van der Waals surface area (Å²) in [6.07, 6.45) is 6.39. The second-order valence-corrected chi connectivity index (χ2v) is 6.85. The van der Waals surface area contributed by atoms with Gasteiger partial charge in [-0.25, -0.2) is 0 Å². The summed E-state index contributed by atoms with van der Waals surface area (Å²) in [5.74, 6) is 1.70. The molecule has 24 heavy (non-hydrogen) atoms. The van der Waals surface area contributed by atoms with Gasteiger partial charge >= 0.3 is 0 Å². The van der Waals surface area contributed by atoms with Crippen LogP contribution in [0.2, 0.25) is 0 Å². The number of aromatic nitrogens is 2. The normalized spacial score (nSPS) is 22.2. The van der Waals surface area contributed by atoms with Crippen molar-refractivity contribution in [1.82, 2.24) is 20.0 Å². The molecule has 1 unspecified atom stereocenters. The van der Waals surface area contributed by atoms with Gasteiger partial charge in [0.25, 0.3) is 5.91 Å². The molecule has 0 spiro atoms. The van der Waals surface area contributed by atoms with Crippen molar-refractivity contribution in [2.45, 2.75) is 38.1 Å². The molecule has 1 atom stereocenters. The van der Waals surface area contributed by atoms with E-state index in [0.29, 0.717) is 11.7 Å². The molecule has 1 amide bonds. The van der Waals surface area contributed by atoms with Crippen LogP contribution in [-0.2, 0) is 6.54 Å². The number of hydrogen-bond acceptors (Lipinski definition) is 4. The first-order valence-corrected chi connectivity index (χ1v) is 8.89. The third kappa shape index (κ3) is 3.24. The Morgan fingerprint density at radius 3 is 2.88 bits per heavy atom. The zero-order chi connectivity index (χ0) is 16.4. The highest BCUT2D eigenvalue weighted by Gasteiger charge is 2.28. The summed E-state index contributed by atoms with van der Waals surface area (Å²) in [5.41, 5.74) is 1.11. The second-order valence-electron chi connectivity index (χ2n) is 6.85. The maximum Gasteiger partial charge on any atom is 0.289 e. The van der Waals surface area contributed by atoms with E-state index in [0.717, 1.165) is 57.0 Å². The van der Waals surface area contributed by atoms with E-state index in [1.54, 1.807) is 6.20 Å². The lowest BCUT2D eigenvalue weighted by molar-refractivity contribution is 0.0670. The van der Waals surface area contributed by atoms with Crippen molar-refractivity contribution in [3.05, 3.63) is 41.6 Å².